The van der Waals surface area contributed by atoms with Gasteiger partial charge in [-0.25, -0.2) is 19.0 Å². The molecule has 0 bridgehead atoms. The van der Waals surface area contributed by atoms with E-state index < -0.39 is 11.4 Å². The molecule has 0 unspecified atom stereocenters. The van der Waals surface area contributed by atoms with Gasteiger partial charge in [0.2, 0.25) is 11.9 Å². The zero-order valence-electron chi connectivity index (χ0n) is 20.0. The van der Waals surface area contributed by atoms with Crippen LogP contribution in [0.25, 0.3) is 5.82 Å². The summed E-state index contributed by atoms with van der Waals surface area (Å²) in [6, 6.07) is 6.89. The fraction of sp³-hybridized carbons (Fsp3) is 0.333. The summed E-state index contributed by atoms with van der Waals surface area (Å²) in [7, 11) is 0. The van der Waals surface area contributed by atoms with Gasteiger partial charge in [0.1, 0.15) is 17.2 Å². The van der Waals surface area contributed by atoms with E-state index in [1.54, 1.807) is 19.2 Å². The van der Waals surface area contributed by atoms with Crippen molar-refractivity contribution in [1.82, 2.24) is 40.2 Å². The molecule has 186 valence electrons. The number of aromatic nitrogens is 7. The van der Waals surface area contributed by atoms with Crippen LogP contribution < -0.4 is 10.6 Å². The molecule has 1 saturated carbocycles. The van der Waals surface area contributed by atoms with Crippen molar-refractivity contribution in [2.24, 2.45) is 5.92 Å². The van der Waals surface area contributed by atoms with Crippen molar-refractivity contribution in [2.75, 3.05) is 5.32 Å². The number of pyridine rings is 2. The Labute approximate surface area is 206 Å². The van der Waals surface area contributed by atoms with Crippen LogP contribution >= 0.6 is 0 Å². The van der Waals surface area contributed by atoms with Gasteiger partial charge in [0, 0.05) is 12.1 Å². The first-order valence-electron chi connectivity index (χ1n) is 11.5. The highest BCUT2D eigenvalue weighted by molar-refractivity contribution is 5.80. The Balaban J connectivity index is 1.20. The first-order chi connectivity index (χ1) is 17.2. The summed E-state index contributed by atoms with van der Waals surface area (Å²) in [6.45, 7) is 5.57. The molecule has 0 radical (unpaired) electrons. The summed E-state index contributed by atoms with van der Waals surface area (Å²) in [5, 5.41) is 27.9. The highest BCUT2D eigenvalue weighted by atomic mass is 19.1. The maximum absolute atomic E-state index is 13.2. The molecule has 11 nitrogen and oxygen atoms in total. The van der Waals surface area contributed by atoms with Crippen molar-refractivity contribution in [3.63, 3.8) is 0 Å². The Morgan fingerprint density at radius 2 is 2.06 bits per heavy atom. The maximum atomic E-state index is 13.2. The third-order valence-corrected chi connectivity index (χ3v) is 6.24. The average molecular weight is 492 g/mol. The van der Waals surface area contributed by atoms with E-state index >= 15 is 0 Å². The molecule has 4 aromatic rings. The van der Waals surface area contributed by atoms with Gasteiger partial charge in [-0.3, -0.25) is 9.89 Å². The molecule has 1 aliphatic carbocycles. The van der Waals surface area contributed by atoms with Crippen LogP contribution in [0.3, 0.4) is 0 Å². The van der Waals surface area contributed by atoms with E-state index in [0.717, 1.165) is 17.3 Å². The molecule has 1 amide bonds. The smallest absolute Gasteiger partial charge is 0.247 e. The SMILES string of the molecule is Cc1cc(Nc2n[nH]c(C)n2)nc(C2(O)CC(C(=O)N[C@@H](C)c3ccc(-n4cc(F)cn4)nc3)C2)c1. The third kappa shape index (κ3) is 4.80. The molecule has 0 spiro atoms. The molecule has 4 N–H and O–H groups in total. The number of amides is 1. The molecule has 5 rings (SSSR count). The molecule has 1 fully saturated rings. The normalized spacial score (nSPS) is 20.0. The van der Waals surface area contributed by atoms with Crippen LogP contribution in [-0.4, -0.2) is 45.9 Å². The van der Waals surface area contributed by atoms with Gasteiger partial charge in [-0.1, -0.05) is 6.07 Å². The van der Waals surface area contributed by atoms with Gasteiger partial charge < -0.3 is 15.7 Å². The summed E-state index contributed by atoms with van der Waals surface area (Å²) in [5.41, 5.74) is 1.03. The maximum Gasteiger partial charge on any atom is 0.247 e. The third-order valence-electron chi connectivity index (χ3n) is 6.24. The number of H-pyrrole nitrogens is 1. The Kier molecular flexibility index (Phi) is 5.96. The molecule has 0 aliphatic heterocycles. The fourth-order valence-corrected chi connectivity index (χ4v) is 4.26. The summed E-state index contributed by atoms with van der Waals surface area (Å²) in [4.78, 5) is 25.9. The first-order valence-corrected chi connectivity index (χ1v) is 11.5. The number of hydrogen-bond donors (Lipinski definition) is 4. The minimum atomic E-state index is -1.19. The second-order valence-electron chi connectivity index (χ2n) is 9.20. The van der Waals surface area contributed by atoms with E-state index in [1.807, 2.05) is 32.0 Å². The molecular weight excluding hydrogens is 465 g/mol. The quantitative estimate of drug-likeness (QED) is 0.309. The predicted molar refractivity (Wildman–Crippen MR) is 128 cm³/mol. The average Bonchev–Trinajstić information content (AvgIpc) is 3.44. The number of carbonyl (C=O) groups is 1. The Hall–Kier alpha value is -4.19. The van der Waals surface area contributed by atoms with E-state index in [2.05, 4.69) is 40.9 Å². The number of hydrogen-bond acceptors (Lipinski definition) is 8. The number of nitrogens with one attached hydrogen (secondary N) is 3. The summed E-state index contributed by atoms with van der Waals surface area (Å²) >= 11 is 0. The molecule has 1 aliphatic rings. The highest BCUT2D eigenvalue weighted by Gasteiger charge is 2.48. The van der Waals surface area contributed by atoms with E-state index in [9.17, 15) is 14.3 Å². The number of aromatic amines is 1. The lowest BCUT2D eigenvalue weighted by molar-refractivity contribution is -0.144. The highest BCUT2D eigenvalue weighted by Crippen LogP contribution is 2.45. The number of halogens is 1. The zero-order chi connectivity index (χ0) is 25.4. The van der Waals surface area contributed by atoms with Crippen molar-refractivity contribution in [3.8, 4) is 5.82 Å². The number of rotatable bonds is 7. The van der Waals surface area contributed by atoms with Crippen molar-refractivity contribution >= 4 is 17.7 Å². The lowest BCUT2D eigenvalue weighted by atomic mass is 9.68. The Morgan fingerprint density at radius 3 is 2.69 bits per heavy atom. The minimum absolute atomic E-state index is 0.146. The van der Waals surface area contributed by atoms with Crippen molar-refractivity contribution in [3.05, 3.63) is 71.3 Å². The number of carbonyl (C=O) groups excluding carboxylic acids is 1. The number of aryl methyl sites for hydroxylation is 2. The molecule has 4 aromatic heterocycles. The van der Waals surface area contributed by atoms with Crippen LogP contribution in [0.15, 0.2) is 42.9 Å². The fourth-order valence-electron chi connectivity index (χ4n) is 4.26. The van der Waals surface area contributed by atoms with Gasteiger partial charge in [0.15, 0.2) is 11.6 Å². The van der Waals surface area contributed by atoms with E-state index in [-0.39, 0.29) is 30.7 Å². The van der Waals surface area contributed by atoms with Crippen LogP contribution in [0.5, 0.6) is 0 Å². The zero-order valence-corrected chi connectivity index (χ0v) is 20.0. The van der Waals surface area contributed by atoms with Gasteiger partial charge in [0.05, 0.1) is 24.1 Å². The lowest BCUT2D eigenvalue weighted by Gasteiger charge is -2.42. The Morgan fingerprint density at radius 1 is 1.25 bits per heavy atom. The van der Waals surface area contributed by atoms with Gasteiger partial charge in [0.25, 0.3) is 0 Å². The Bertz CT molecular complexity index is 1390. The molecule has 1 atom stereocenters. The van der Waals surface area contributed by atoms with Crippen LogP contribution in [0, 0.1) is 25.6 Å². The number of nitrogens with zero attached hydrogens (tertiary/aromatic N) is 6. The molecule has 0 saturated heterocycles. The molecular formula is C24H26FN9O2. The minimum Gasteiger partial charge on any atom is -0.384 e. The van der Waals surface area contributed by atoms with Gasteiger partial charge in [-0.2, -0.15) is 10.1 Å². The molecule has 0 aromatic carbocycles. The van der Waals surface area contributed by atoms with E-state index in [1.165, 1.54) is 10.9 Å². The van der Waals surface area contributed by atoms with Crippen LogP contribution in [0.2, 0.25) is 0 Å². The van der Waals surface area contributed by atoms with Gasteiger partial charge >= 0.3 is 0 Å². The lowest BCUT2D eigenvalue weighted by Crippen LogP contribution is -2.49. The van der Waals surface area contributed by atoms with E-state index in [4.69, 9.17) is 0 Å². The number of anilines is 2. The summed E-state index contributed by atoms with van der Waals surface area (Å²) in [6.07, 6.45) is 4.51. The molecule has 36 heavy (non-hydrogen) atoms. The van der Waals surface area contributed by atoms with Crippen LogP contribution in [0.1, 0.15) is 48.5 Å². The summed E-state index contributed by atoms with van der Waals surface area (Å²) in [5.74, 6) is 1.13. The van der Waals surface area contributed by atoms with E-state index in [0.29, 0.717) is 29.1 Å². The van der Waals surface area contributed by atoms with Crippen molar-refractivity contribution in [2.45, 2.75) is 45.3 Å². The summed E-state index contributed by atoms with van der Waals surface area (Å²) < 4.78 is 14.5. The molecule has 12 heteroatoms. The number of aliphatic hydroxyl groups is 1. The second kappa shape index (κ2) is 9.11. The molecule has 4 heterocycles. The predicted octanol–water partition coefficient (Wildman–Crippen LogP) is 2.75. The topological polar surface area (TPSA) is 147 Å². The largest absolute Gasteiger partial charge is 0.384 e. The van der Waals surface area contributed by atoms with Crippen LogP contribution in [-0.2, 0) is 10.4 Å². The van der Waals surface area contributed by atoms with Crippen molar-refractivity contribution in [1.29, 1.82) is 0 Å². The van der Waals surface area contributed by atoms with Gasteiger partial charge in [-0.05, 0) is 62.9 Å². The second-order valence-corrected chi connectivity index (χ2v) is 9.20. The van der Waals surface area contributed by atoms with Crippen molar-refractivity contribution < 1.29 is 14.3 Å². The monoisotopic (exact) mass is 491 g/mol. The first kappa shape index (κ1) is 23.5. The standard InChI is InChI=1S/C24H26FN9O2/c1-13-6-19(30-20(7-13)31-23-29-15(3)32-33-23)24(36)8-17(9-24)22(35)28-14(2)16-4-5-21(26-10-16)34-12-18(25)11-27-34/h4-7,10-12,14,17,36H,8-9H2,1-3H3,(H,28,35)(H2,29,30,31,32,33)/t14-,17?,24?/m0/s1. The van der Waals surface area contributed by atoms with Gasteiger partial charge in [-0.15, -0.1) is 5.10 Å². The van der Waals surface area contributed by atoms with Crippen LogP contribution in [0.4, 0.5) is 16.2 Å².